The Hall–Kier alpha value is -2.10. The summed E-state index contributed by atoms with van der Waals surface area (Å²) < 4.78 is 0. The molecule has 4 nitrogen and oxygen atoms in total. The topological polar surface area (TPSA) is 55.0 Å². The van der Waals surface area contributed by atoms with Crippen LogP contribution in [0.2, 0.25) is 0 Å². The molecule has 1 aliphatic heterocycles. The lowest BCUT2D eigenvalue weighted by molar-refractivity contribution is 0.901. The second-order valence-corrected chi connectivity index (χ2v) is 4.98. The van der Waals surface area contributed by atoms with Crippen molar-refractivity contribution in [2.75, 3.05) is 23.7 Å². The van der Waals surface area contributed by atoms with E-state index in [0.717, 1.165) is 30.2 Å². The van der Waals surface area contributed by atoms with Crippen LogP contribution in [0.3, 0.4) is 0 Å². The monoisotopic (exact) mass is 254 g/mol. The largest absolute Gasteiger partial charge is 0.383 e. The molecule has 19 heavy (non-hydrogen) atoms. The Morgan fingerprint density at radius 3 is 2.53 bits per heavy atom. The normalized spacial score (nSPS) is 14.9. The molecule has 0 bridgehead atoms. The van der Waals surface area contributed by atoms with Crippen molar-refractivity contribution in [3.63, 3.8) is 0 Å². The predicted octanol–water partition coefficient (Wildman–Crippen LogP) is 2.63. The second-order valence-electron chi connectivity index (χ2n) is 4.98. The maximum Gasteiger partial charge on any atom is 0.227 e. The number of nitrogen functional groups attached to an aromatic ring is 1. The Morgan fingerprint density at radius 1 is 1.11 bits per heavy atom. The van der Waals surface area contributed by atoms with Crippen LogP contribution >= 0.6 is 0 Å². The summed E-state index contributed by atoms with van der Waals surface area (Å²) in [7, 11) is 0. The van der Waals surface area contributed by atoms with Gasteiger partial charge < -0.3 is 10.6 Å². The first-order valence-corrected chi connectivity index (χ1v) is 6.69. The van der Waals surface area contributed by atoms with Crippen molar-refractivity contribution in [3.05, 3.63) is 36.0 Å². The number of aromatic nitrogens is 2. The molecule has 3 rings (SSSR count). The zero-order valence-electron chi connectivity index (χ0n) is 11.1. The van der Waals surface area contributed by atoms with Crippen molar-refractivity contribution in [2.24, 2.45) is 0 Å². The smallest absolute Gasteiger partial charge is 0.227 e. The van der Waals surface area contributed by atoms with Gasteiger partial charge in [0, 0.05) is 24.8 Å². The molecule has 2 heterocycles. The molecule has 1 aromatic heterocycles. The quantitative estimate of drug-likeness (QED) is 0.895. The maximum absolute atomic E-state index is 6.11. The molecule has 0 unspecified atom stereocenters. The fourth-order valence-electron chi connectivity index (χ4n) is 2.54. The van der Waals surface area contributed by atoms with Gasteiger partial charge in [-0.05, 0) is 30.9 Å². The van der Waals surface area contributed by atoms with E-state index in [1.54, 1.807) is 0 Å². The lowest BCUT2D eigenvalue weighted by atomic mass is 10.0. The van der Waals surface area contributed by atoms with Crippen LogP contribution in [0.1, 0.15) is 18.4 Å². The third kappa shape index (κ3) is 2.26. The number of aryl methyl sites for hydroxylation is 1. The Morgan fingerprint density at radius 2 is 1.84 bits per heavy atom. The first kappa shape index (κ1) is 12.0. The summed E-state index contributed by atoms with van der Waals surface area (Å²) in [6, 6.07) is 8.16. The van der Waals surface area contributed by atoms with Gasteiger partial charge in [0.2, 0.25) is 5.95 Å². The lowest BCUT2D eigenvalue weighted by Crippen LogP contribution is -2.20. The molecular weight excluding hydrogens is 236 g/mol. The summed E-state index contributed by atoms with van der Waals surface area (Å²) in [6.45, 7) is 4.13. The van der Waals surface area contributed by atoms with Crippen LogP contribution in [0.25, 0.3) is 11.1 Å². The zero-order chi connectivity index (χ0) is 13.2. The highest BCUT2D eigenvalue weighted by Gasteiger charge is 2.16. The number of hydrogen-bond acceptors (Lipinski definition) is 4. The molecule has 1 aromatic carbocycles. The van der Waals surface area contributed by atoms with E-state index in [0.29, 0.717) is 5.82 Å². The fourth-order valence-corrected chi connectivity index (χ4v) is 2.54. The minimum Gasteiger partial charge on any atom is -0.383 e. The van der Waals surface area contributed by atoms with E-state index >= 15 is 0 Å². The van der Waals surface area contributed by atoms with Gasteiger partial charge in [0.05, 0.1) is 0 Å². The molecule has 0 saturated carbocycles. The van der Waals surface area contributed by atoms with E-state index in [9.17, 15) is 0 Å². The van der Waals surface area contributed by atoms with E-state index in [4.69, 9.17) is 5.73 Å². The number of rotatable bonds is 2. The standard InChI is InChI=1S/C15H18N4/c1-11-6-2-3-7-12(11)13-10-17-15(18-14(13)16)19-8-4-5-9-19/h2-3,6-7,10H,4-5,8-9H2,1H3,(H2,16,17,18). The number of benzene rings is 1. The first-order valence-electron chi connectivity index (χ1n) is 6.69. The highest BCUT2D eigenvalue weighted by molar-refractivity contribution is 5.76. The highest BCUT2D eigenvalue weighted by Crippen LogP contribution is 2.28. The summed E-state index contributed by atoms with van der Waals surface area (Å²) in [5.41, 5.74) is 9.32. The maximum atomic E-state index is 6.11. The lowest BCUT2D eigenvalue weighted by Gasteiger charge is -2.16. The van der Waals surface area contributed by atoms with Gasteiger partial charge in [0.25, 0.3) is 0 Å². The predicted molar refractivity (Wildman–Crippen MR) is 78.1 cm³/mol. The van der Waals surface area contributed by atoms with Crippen LogP contribution in [0.5, 0.6) is 0 Å². The molecule has 0 spiro atoms. The molecule has 1 fully saturated rings. The van der Waals surface area contributed by atoms with Crippen LogP contribution in [-0.4, -0.2) is 23.1 Å². The van der Waals surface area contributed by atoms with Gasteiger partial charge >= 0.3 is 0 Å². The molecule has 0 atom stereocenters. The molecule has 2 N–H and O–H groups in total. The number of nitrogens with zero attached hydrogens (tertiary/aromatic N) is 3. The highest BCUT2D eigenvalue weighted by atomic mass is 15.3. The van der Waals surface area contributed by atoms with Crippen molar-refractivity contribution in [3.8, 4) is 11.1 Å². The van der Waals surface area contributed by atoms with Crippen molar-refractivity contribution in [1.29, 1.82) is 0 Å². The average Bonchev–Trinajstić information content (AvgIpc) is 2.94. The van der Waals surface area contributed by atoms with E-state index < -0.39 is 0 Å². The van der Waals surface area contributed by atoms with E-state index in [-0.39, 0.29) is 0 Å². The number of hydrogen-bond donors (Lipinski definition) is 1. The molecule has 98 valence electrons. The Balaban J connectivity index is 1.98. The Kier molecular flexibility index (Phi) is 3.07. The second kappa shape index (κ2) is 4.88. The van der Waals surface area contributed by atoms with Crippen molar-refractivity contribution in [1.82, 2.24) is 9.97 Å². The summed E-state index contributed by atoms with van der Waals surface area (Å²) in [4.78, 5) is 11.1. The van der Waals surface area contributed by atoms with E-state index in [1.807, 2.05) is 18.3 Å². The van der Waals surface area contributed by atoms with Crippen molar-refractivity contribution >= 4 is 11.8 Å². The van der Waals surface area contributed by atoms with Gasteiger partial charge in [-0.15, -0.1) is 0 Å². The minimum atomic E-state index is 0.561. The van der Waals surface area contributed by atoms with E-state index in [2.05, 4.69) is 33.9 Å². The molecular formula is C15H18N4. The number of nitrogens with two attached hydrogens (primary N) is 1. The van der Waals surface area contributed by atoms with Gasteiger partial charge in [-0.25, -0.2) is 4.98 Å². The SMILES string of the molecule is Cc1ccccc1-c1cnc(N2CCCC2)nc1N. The van der Waals surface area contributed by atoms with Crippen LogP contribution in [0.15, 0.2) is 30.5 Å². The molecule has 4 heteroatoms. The third-order valence-corrected chi connectivity index (χ3v) is 3.63. The fraction of sp³-hybridized carbons (Fsp3) is 0.333. The molecule has 1 aliphatic rings. The Labute approximate surface area is 113 Å². The molecule has 2 aromatic rings. The van der Waals surface area contributed by atoms with Gasteiger partial charge in [0.1, 0.15) is 5.82 Å². The molecule has 1 saturated heterocycles. The summed E-state index contributed by atoms with van der Waals surface area (Å²) in [6.07, 6.45) is 4.27. The summed E-state index contributed by atoms with van der Waals surface area (Å²) >= 11 is 0. The van der Waals surface area contributed by atoms with Crippen LogP contribution < -0.4 is 10.6 Å². The first-order chi connectivity index (χ1) is 9.25. The molecule has 0 amide bonds. The van der Waals surface area contributed by atoms with Gasteiger partial charge in [-0.3, -0.25) is 0 Å². The minimum absolute atomic E-state index is 0.561. The van der Waals surface area contributed by atoms with Crippen LogP contribution in [-0.2, 0) is 0 Å². The van der Waals surface area contributed by atoms with Gasteiger partial charge in [-0.2, -0.15) is 4.98 Å². The summed E-state index contributed by atoms with van der Waals surface area (Å²) in [5.74, 6) is 1.32. The number of anilines is 2. The average molecular weight is 254 g/mol. The summed E-state index contributed by atoms with van der Waals surface area (Å²) in [5, 5.41) is 0. The van der Waals surface area contributed by atoms with Crippen molar-refractivity contribution in [2.45, 2.75) is 19.8 Å². The molecule has 0 radical (unpaired) electrons. The van der Waals surface area contributed by atoms with Crippen LogP contribution in [0.4, 0.5) is 11.8 Å². The Bertz CT molecular complexity index is 588. The van der Waals surface area contributed by atoms with E-state index in [1.165, 1.54) is 18.4 Å². The van der Waals surface area contributed by atoms with Gasteiger partial charge in [0.15, 0.2) is 0 Å². The zero-order valence-corrected chi connectivity index (χ0v) is 11.1. The van der Waals surface area contributed by atoms with Gasteiger partial charge in [-0.1, -0.05) is 24.3 Å². The van der Waals surface area contributed by atoms with Crippen LogP contribution in [0, 0.1) is 6.92 Å². The third-order valence-electron chi connectivity index (χ3n) is 3.63. The molecule has 0 aliphatic carbocycles. The van der Waals surface area contributed by atoms with Crippen molar-refractivity contribution < 1.29 is 0 Å².